The van der Waals surface area contributed by atoms with Crippen molar-refractivity contribution in [2.75, 3.05) is 51.3 Å². The lowest BCUT2D eigenvalue weighted by molar-refractivity contribution is 0.0101. The third-order valence-corrected chi connectivity index (χ3v) is 9.20. The van der Waals surface area contributed by atoms with Crippen molar-refractivity contribution in [2.45, 2.75) is 57.2 Å². The summed E-state index contributed by atoms with van der Waals surface area (Å²) in [6.07, 6.45) is 13.6. The number of ether oxygens (including phenoxy) is 1. The first-order valence-corrected chi connectivity index (χ1v) is 15.4. The highest BCUT2D eigenvalue weighted by atomic mass is 16.5. The van der Waals surface area contributed by atoms with Crippen molar-refractivity contribution in [3.63, 3.8) is 0 Å². The minimum absolute atomic E-state index is 0.376. The molecule has 0 radical (unpaired) electrons. The number of fused-ring (bicyclic) bond motifs is 2. The monoisotopic (exact) mass is 551 g/mol. The lowest BCUT2D eigenvalue weighted by atomic mass is 9.95. The first-order chi connectivity index (χ1) is 20.3. The van der Waals surface area contributed by atoms with Gasteiger partial charge in [-0.1, -0.05) is 43.5 Å². The first kappa shape index (κ1) is 26.6. The van der Waals surface area contributed by atoms with Crippen LogP contribution in [0.3, 0.4) is 0 Å². The molecule has 41 heavy (non-hydrogen) atoms. The molecule has 0 bridgehead atoms. The van der Waals surface area contributed by atoms with Gasteiger partial charge in [0.2, 0.25) is 0 Å². The van der Waals surface area contributed by atoms with Gasteiger partial charge in [0.05, 0.1) is 13.2 Å². The van der Waals surface area contributed by atoms with E-state index in [1.165, 1.54) is 43.2 Å². The second-order valence-electron chi connectivity index (χ2n) is 11.9. The Kier molecular flexibility index (Phi) is 7.95. The number of morpholine rings is 1. The predicted molar refractivity (Wildman–Crippen MR) is 163 cm³/mol. The molecule has 2 fully saturated rings. The maximum absolute atomic E-state index is 5.68. The van der Waals surface area contributed by atoms with Gasteiger partial charge in [-0.25, -0.2) is 15.0 Å². The van der Waals surface area contributed by atoms with Crippen LogP contribution in [0.1, 0.15) is 49.3 Å². The van der Waals surface area contributed by atoms with Gasteiger partial charge >= 0.3 is 0 Å². The van der Waals surface area contributed by atoms with E-state index in [2.05, 4.69) is 67.3 Å². The van der Waals surface area contributed by atoms with Crippen LogP contribution in [-0.2, 0) is 17.7 Å². The summed E-state index contributed by atoms with van der Waals surface area (Å²) in [6, 6.07) is 16.1. The molecule has 1 aliphatic carbocycles. The first-order valence-electron chi connectivity index (χ1n) is 15.4. The number of nitrogens with one attached hydrogen (secondary N) is 1. The molecule has 0 spiro atoms. The fourth-order valence-corrected chi connectivity index (χ4v) is 6.88. The third kappa shape index (κ3) is 6.01. The second kappa shape index (κ2) is 12.3. The van der Waals surface area contributed by atoms with Gasteiger partial charge in [-0.15, -0.1) is 0 Å². The fourth-order valence-electron chi connectivity index (χ4n) is 6.88. The van der Waals surface area contributed by atoms with E-state index in [4.69, 9.17) is 14.7 Å². The summed E-state index contributed by atoms with van der Waals surface area (Å²) in [4.78, 5) is 19.6. The zero-order chi connectivity index (χ0) is 27.4. The fraction of sp³-hybridized carbons (Fsp3) is 0.485. The minimum Gasteiger partial charge on any atom is -0.379 e. The quantitative estimate of drug-likeness (QED) is 0.324. The summed E-state index contributed by atoms with van der Waals surface area (Å²) in [6.45, 7) is 7.53. The number of aromatic nitrogens is 4. The van der Waals surface area contributed by atoms with Gasteiger partial charge in [0, 0.05) is 80.9 Å². The van der Waals surface area contributed by atoms with Crippen molar-refractivity contribution in [2.24, 2.45) is 0 Å². The maximum Gasteiger partial charge on any atom is 0.161 e. The minimum atomic E-state index is 0.376. The number of rotatable bonds is 8. The number of nitrogens with zero attached hydrogens (tertiary/aromatic N) is 6. The summed E-state index contributed by atoms with van der Waals surface area (Å²) in [5.41, 5.74) is 5.01. The molecule has 7 rings (SSSR count). The van der Waals surface area contributed by atoms with Crippen LogP contribution in [0, 0.1) is 0 Å². The number of anilines is 1. The van der Waals surface area contributed by atoms with E-state index in [1.54, 1.807) is 0 Å². The van der Waals surface area contributed by atoms with Crippen molar-refractivity contribution in [3.05, 3.63) is 72.2 Å². The van der Waals surface area contributed by atoms with Gasteiger partial charge < -0.3 is 14.6 Å². The van der Waals surface area contributed by atoms with E-state index < -0.39 is 0 Å². The molecule has 0 amide bonds. The molecule has 1 unspecified atom stereocenters. The molecule has 1 atom stereocenters. The average molecular weight is 552 g/mol. The van der Waals surface area contributed by atoms with Crippen LogP contribution in [0.4, 0.5) is 5.82 Å². The predicted octanol–water partition coefficient (Wildman–Crippen LogP) is 5.17. The van der Waals surface area contributed by atoms with Crippen molar-refractivity contribution in [3.8, 4) is 11.4 Å². The van der Waals surface area contributed by atoms with Crippen LogP contribution in [0.2, 0.25) is 0 Å². The van der Waals surface area contributed by atoms with Gasteiger partial charge in [0.1, 0.15) is 11.5 Å². The van der Waals surface area contributed by atoms with Crippen molar-refractivity contribution in [1.82, 2.24) is 29.3 Å². The van der Waals surface area contributed by atoms with Crippen molar-refractivity contribution < 1.29 is 4.74 Å². The Balaban J connectivity index is 1.07. The number of hydrogen-bond donors (Lipinski definition) is 1. The van der Waals surface area contributed by atoms with Crippen LogP contribution in [0.15, 0.2) is 61.1 Å². The number of hydrogen-bond acceptors (Lipinski definition) is 7. The van der Waals surface area contributed by atoms with Crippen LogP contribution >= 0.6 is 0 Å². The smallest absolute Gasteiger partial charge is 0.161 e. The Morgan fingerprint density at radius 1 is 0.951 bits per heavy atom. The summed E-state index contributed by atoms with van der Waals surface area (Å²) in [5.74, 6) is 1.63. The lowest BCUT2D eigenvalue weighted by Gasteiger charge is -2.39. The van der Waals surface area contributed by atoms with Gasteiger partial charge in [-0.3, -0.25) is 9.80 Å². The Hall–Kier alpha value is -3.33. The Labute approximate surface area is 242 Å². The van der Waals surface area contributed by atoms with Crippen LogP contribution in [0.5, 0.6) is 0 Å². The lowest BCUT2D eigenvalue weighted by Crippen LogP contribution is -2.52. The van der Waals surface area contributed by atoms with E-state index >= 15 is 0 Å². The van der Waals surface area contributed by atoms with E-state index in [-0.39, 0.29) is 0 Å². The topological polar surface area (TPSA) is 71.3 Å². The SMILES string of the molecule is c1ccc2c(c1)CCN(CC(CNc1cc(-c3ncc4ccn(C5CCCCC5)c4n3)ccn1)N1CCOCC1)C2. The molecule has 1 saturated carbocycles. The molecule has 8 nitrogen and oxygen atoms in total. The maximum atomic E-state index is 5.68. The molecule has 1 aromatic carbocycles. The Morgan fingerprint density at radius 3 is 2.68 bits per heavy atom. The summed E-state index contributed by atoms with van der Waals surface area (Å²) in [5, 5.41) is 4.79. The van der Waals surface area contributed by atoms with Crippen molar-refractivity contribution >= 4 is 16.9 Å². The second-order valence-corrected chi connectivity index (χ2v) is 11.9. The highest BCUT2D eigenvalue weighted by Crippen LogP contribution is 2.31. The molecule has 3 aromatic heterocycles. The summed E-state index contributed by atoms with van der Waals surface area (Å²) >= 11 is 0. The molecule has 214 valence electrons. The van der Waals surface area contributed by atoms with Crippen LogP contribution in [0.25, 0.3) is 22.4 Å². The number of pyridine rings is 1. The molecule has 8 heteroatoms. The van der Waals surface area contributed by atoms with E-state index in [0.717, 1.165) is 87.1 Å². The largest absolute Gasteiger partial charge is 0.379 e. The molecule has 5 heterocycles. The van der Waals surface area contributed by atoms with E-state index in [1.807, 2.05) is 18.5 Å². The molecule has 1 saturated heterocycles. The average Bonchev–Trinajstić information content (AvgIpc) is 3.47. The van der Waals surface area contributed by atoms with Gasteiger partial charge in [-0.2, -0.15) is 0 Å². The Bertz CT molecular complexity index is 1460. The van der Waals surface area contributed by atoms with Crippen LogP contribution < -0.4 is 5.32 Å². The van der Waals surface area contributed by atoms with Gasteiger partial charge in [-0.05, 0) is 48.6 Å². The molecule has 4 aromatic rings. The summed E-state index contributed by atoms with van der Waals surface area (Å²) < 4.78 is 8.06. The Morgan fingerprint density at radius 2 is 1.80 bits per heavy atom. The van der Waals surface area contributed by atoms with E-state index in [0.29, 0.717) is 12.1 Å². The zero-order valence-corrected chi connectivity index (χ0v) is 23.9. The van der Waals surface area contributed by atoms with Crippen molar-refractivity contribution in [1.29, 1.82) is 0 Å². The normalized spacial score (nSPS) is 19.7. The molecule has 1 N–H and O–H groups in total. The molecular formula is C33H41N7O. The third-order valence-electron chi connectivity index (χ3n) is 9.20. The highest BCUT2D eigenvalue weighted by Gasteiger charge is 2.26. The molecule has 2 aliphatic heterocycles. The summed E-state index contributed by atoms with van der Waals surface area (Å²) in [7, 11) is 0. The number of benzene rings is 1. The van der Waals surface area contributed by atoms with E-state index in [9.17, 15) is 0 Å². The van der Waals surface area contributed by atoms with Crippen LogP contribution in [-0.4, -0.2) is 81.3 Å². The highest BCUT2D eigenvalue weighted by molar-refractivity contribution is 5.77. The van der Waals surface area contributed by atoms with Gasteiger partial charge in [0.25, 0.3) is 0 Å². The molecule has 3 aliphatic rings. The standard InChI is InChI=1S/C33H41N7O/c1-2-8-29(9-3-1)40-15-12-27-21-36-32(37-33(27)40)26-10-13-34-31(20-26)35-22-30(39-16-18-41-19-17-39)24-38-14-11-25-6-4-5-7-28(25)23-38/h4-7,10,12-13,15,20-21,29-30H,1-3,8-9,11,14,16-19,22-24H2,(H,34,35). The zero-order valence-electron chi connectivity index (χ0n) is 23.9. The molecular weight excluding hydrogens is 510 g/mol. The van der Waals surface area contributed by atoms with Gasteiger partial charge in [0.15, 0.2) is 5.82 Å².